The normalized spacial score (nSPS) is 43.1. The quantitative estimate of drug-likeness (QED) is 0.116. The summed E-state index contributed by atoms with van der Waals surface area (Å²) in [5.74, 6) is -6.40. The summed E-state index contributed by atoms with van der Waals surface area (Å²) in [6, 6.07) is -1.08. The van der Waals surface area contributed by atoms with Crippen molar-refractivity contribution in [2.24, 2.45) is 41.4 Å². The van der Waals surface area contributed by atoms with E-state index in [9.17, 15) is 39.9 Å². The summed E-state index contributed by atoms with van der Waals surface area (Å²) in [7, 11) is 3.05. The number of hydrogen-bond donors (Lipinski definition) is 5. The average Bonchev–Trinajstić information content (AvgIpc) is 3.26. The third kappa shape index (κ3) is 14.1. The number of Topliss-reactive ketones (excluding diaryl/α,β-unsaturated/α-hetero) is 1. The van der Waals surface area contributed by atoms with Gasteiger partial charge in [0.2, 0.25) is 5.79 Å². The highest BCUT2D eigenvalue weighted by molar-refractivity contribution is 6.39. The molecule has 17 atom stereocenters. The number of ether oxygens (including phenoxy) is 4. The fraction of sp³-hybridized carbons (Fsp3) is 0.784. The number of esters is 1. The first-order chi connectivity index (χ1) is 30.2. The third-order valence-corrected chi connectivity index (χ3v) is 15.0. The molecule has 1 saturated carbocycles. The van der Waals surface area contributed by atoms with Crippen LogP contribution in [0.15, 0.2) is 47.6 Å². The zero-order chi connectivity index (χ0) is 47.5. The van der Waals surface area contributed by atoms with Crippen LogP contribution >= 0.6 is 0 Å². The van der Waals surface area contributed by atoms with Crippen LogP contribution in [0, 0.1) is 41.4 Å². The van der Waals surface area contributed by atoms with E-state index in [2.05, 4.69) is 19.9 Å². The van der Waals surface area contributed by atoms with Crippen LogP contribution in [0.4, 0.5) is 0 Å². The molecule has 4 aliphatic rings. The number of nitrogens with zero attached hydrogens (tertiary/aromatic N) is 1. The van der Waals surface area contributed by atoms with E-state index >= 15 is 0 Å². The molecule has 64 heavy (non-hydrogen) atoms. The predicted molar refractivity (Wildman–Crippen MR) is 246 cm³/mol. The van der Waals surface area contributed by atoms with Gasteiger partial charge in [0.25, 0.3) is 11.7 Å². The van der Waals surface area contributed by atoms with Gasteiger partial charge in [-0.05, 0) is 120 Å². The molecule has 0 radical (unpaired) electrons. The number of allylic oxidation sites excluding steroid dienone is 6. The van der Waals surface area contributed by atoms with Gasteiger partial charge in [-0.1, -0.05) is 83.6 Å². The van der Waals surface area contributed by atoms with Crippen molar-refractivity contribution in [3.63, 3.8) is 0 Å². The van der Waals surface area contributed by atoms with Gasteiger partial charge >= 0.3 is 5.97 Å². The van der Waals surface area contributed by atoms with Gasteiger partial charge in [-0.2, -0.15) is 0 Å². The van der Waals surface area contributed by atoms with Crippen LogP contribution in [0.3, 0.4) is 0 Å². The molecule has 3 heterocycles. The molecule has 1 amide bonds. The van der Waals surface area contributed by atoms with Crippen LogP contribution in [0.1, 0.15) is 132 Å². The molecule has 3 aliphatic heterocycles. The smallest absolute Gasteiger partial charge is 0.329 e. The summed E-state index contributed by atoms with van der Waals surface area (Å²) < 4.78 is 23.8. The Kier molecular flexibility index (Phi) is 20.9. The van der Waals surface area contributed by atoms with Crippen molar-refractivity contribution in [3.05, 3.63) is 47.6 Å². The highest BCUT2D eigenvalue weighted by Crippen LogP contribution is 2.38. The lowest BCUT2D eigenvalue weighted by Gasteiger charge is -2.42. The second-order valence-corrected chi connectivity index (χ2v) is 20.2. The van der Waals surface area contributed by atoms with Gasteiger partial charge in [0.05, 0.1) is 30.5 Å². The Morgan fingerprint density at radius 1 is 0.828 bits per heavy atom. The first kappa shape index (κ1) is 53.9. The van der Waals surface area contributed by atoms with Crippen molar-refractivity contribution in [2.75, 3.05) is 20.8 Å². The Balaban J connectivity index is 1.68. The lowest BCUT2D eigenvalue weighted by atomic mass is 9.78. The molecule has 3 fully saturated rings. The molecule has 3 unspecified atom stereocenters. The number of carbonyl (C=O) groups excluding carboxylic acids is 3. The van der Waals surface area contributed by atoms with E-state index in [4.69, 9.17) is 18.9 Å². The zero-order valence-electron chi connectivity index (χ0n) is 40.4. The van der Waals surface area contributed by atoms with Gasteiger partial charge in [-0.15, -0.1) is 0 Å². The number of ketones is 1. The van der Waals surface area contributed by atoms with Crippen molar-refractivity contribution >= 4 is 17.7 Å². The van der Waals surface area contributed by atoms with E-state index in [-0.39, 0.29) is 55.1 Å². The highest BCUT2D eigenvalue weighted by Gasteiger charge is 2.53. The van der Waals surface area contributed by atoms with Crippen LogP contribution in [0.2, 0.25) is 0 Å². The standard InChI is InChI=1S/C51H83NO12/c1-30-16-12-11-13-17-31(2)32(3)27-39-21-19-37(8)51(60,64-39)48(57)49(58)52-23-15-14-18-40(52)50(59)63-43(34(5)26-38-20-22-41(53)44(28-38)61-9)29-42(54)33(4)25-36(7)46(56)47(62-10)45(55)35(6)24-30/h11-13,16-17,25,30,32-35,37-47,53-56,60H,14-15,18-24,26-29H2,1-10H3/b13-11+,16-12+,31-17+,36-25+/t30-,32+,33-,34-,35-,37-,38?,39+,40?,41-,42+,43?,44-,45+,46-,47+,51-/m1/s1. The van der Waals surface area contributed by atoms with E-state index in [0.29, 0.717) is 63.4 Å². The van der Waals surface area contributed by atoms with Gasteiger partial charge in [0.1, 0.15) is 24.4 Å². The summed E-state index contributed by atoms with van der Waals surface area (Å²) in [6.07, 6.45) is 11.9. The monoisotopic (exact) mass is 902 g/mol. The van der Waals surface area contributed by atoms with Gasteiger partial charge in [0, 0.05) is 39.0 Å². The molecule has 5 N–H and O–H groups in total. The summed E-state index contributed by atoms with van der Waals surface area (Å²) >= 11 is 0. The molecule has 0 aromatic rings. The maximum Gasteiger partial charge on any atom is 0.329 e. The Hall–Kier alpha value is -2.75. The maximum atomic E-state index is 14.4. The molecular weight excluding hydrogens is 819 g/mol. The number of aliphatic hydroxyl groups is 5. The molecule has 2 bridgehead atoms. The van der Waals surface area contributed by atoms with E-state index in [1.807, 2.05) is 52.0 Å². The molecule has 4 rings (SSSR count). The fourth-order valence-electron chi connectivity index (χ4n) is 10.4. The van der Waals surface area contributed by atoms with Gasteiger partial charge in [0.15, 0.2) is 0 Å². The fourth-order valence-corrected chi connectivity index (χ4v) is 10.4. The number of amides is 1. The number of aliphatic hydroxyl groups excluding tert-OH is 4. The Morgan fingerprint density at radius 3 is 2.23 bits per heavy atom. The van der Waals surface area contributed by atoms with Crippen molar-refractivity contribution in [2.45, 2.75) is 193 Å². The van der Waals surface area contributed by atoms with E-state index in [0.717, 1.165) is 12.0 Å². The summed E-state index contributed by atoms with van der Waals surface area (Å²) in [5, 5.41) is 57.1. The minimum Gasteiger partial charge on any atom is -0.460 e. The first-order valence-corrected chi connectivity index (χ1v) is 24.2. The van der Waals surface area contributed by atoms with Crippen molar-refractivity contribution in [1.82, 2.24) is 4.90 Å². The number of piperidine rings is 1. The number of cyclic esters (lactones) is 1. The molecule has 13 nitrogen and oxygen atoms in total. The van der Waals surface area contributed by atoms with Crippen molar-refractivity contribution in [3.8, 4) is 0 Å². The predicted octanol–water partition coefficient (Wildman–Crippen LogP) is 6.39. The minimum atomic E-state index is -2.35. The molecular formula is C51H83NO12. The molecule has 0 aromatic heterocycles. The second-order valence-electron chi connectivity index (χ2n) is 20.2. The zero-order valence-corrected chi connectivity index (χ0v) is 40.4. The lowest BCUT2D eigenvalue weighted by Crippen LogP contribution is -2.60. The Morgan fingerprint density at radius 2 is 1.55 bits per heavy atom. The number of methoxy groups -OCH3 is 2. The van der Waals surface area contributed by atoms with Gasteiger partial charge in [-0.25, -0.2) is 4.79 Å². The number of carbonyl (C=O) groups is 3. The third-order valence-electron chi connectivity index (χ3n) is 15.0. The van der Waals surface area contributed by atoms with E-state index in [1.165, 1.54) is 12.0 Å². The van der Waals surface area contributed by atoms with E-state index in [1.54, 1.807) is 27.0 Å². The largest absolute Gasteiger partial charge is 0.460 e. The van der Waals surface area contributed by atoms with Crippen molar-refractivity contribution in [1.29, 1.82) is 0 Å². The van der Waals surface area contributed by atoms with Crippen LogP contribution in [-0.2, 0) is 33.3 Å². The molecule has 364 valence electrons. The molecule has 0 aromatic carbocycles. The first-order valence-electron chi connectivity index (χ1n) is 24.2. The molecule has 2 saturated heterocycles. The average molecular weight is 902 g/mol. The SMILES string of the molecule is CO[C@H]1[C@@H](O)[C@H](C)C[C@H](C)/C=C/C=C/C=C(\C)[C@@H](C)C[C@@H]2CC[C@@H](C)[C@@](O)(O2)C(=O)C(=O)N2CCCCC2C(=O)OC([C@H](C)CC2CC[C@@H](O)[C@H](OC)C2)C[C@H](O)[C@H](C)/C=C(\C)[C@H]1O. The van der Waals surface area contributed by atoms with Crippen LogP contribution in [0.25, 0.3) is 0 Å². The lowest BCUT2D eigenvalue weighted by molar-refractivity contribution is -0.264. The highest BCUT2D eigenvalue weighted by atomic mass is 16.6. The van der Waals surface area contributed by atoms with Crippen LogP contribution < -0.4 is 0 Å². The maximum absolute atomic E-state index is 14.4. The summed E-state index contributed by atoms with van der Waals surface area (Å²) in [5.41, 5.74) is 1.60. The van der Waals surface area contributed by atoms with Crippen molar-refractivity contribution < 1.29 is 58.9 Å². The number of rotatable bonds is 5. The molecule has 1 aliphatic carbocycles. The summed E-state index contributed by atoms with van der Waals surface area (Å²) in [4.78, 5) is 44.0. The molecule has 0 spiro atoms. The van der Waals surface area contributed by atoms with Gasteiger partial charge < -0.3 is 49.4 Å². The van der Waals surface area contributed by atoms with E-state index < -0.39 is 84.1 Å². The van der Waals surface area contributed by atoms with Gasteiger partial charge in [-0.3, -0.25) is 9.59 Å². The topological polar surface area (TPSA) is 193 Å². The summed E-state index contributed by atoms with van der Waals surface area (Å²) in [6.45, 7) is 15.5. The molecule has 13 heteroatoms. The van der Waals surface area contributed by atoms with Crippen LogP contribution in [-0.4, -0.2) is 130 Å². The van der Waals surface area contributed by atoms with Crippen LogP contribution in [0.5, 0.6) is 0 Å². The second kappa shape index (κ2) is 24.9. The number of hydrogen-bond acceptors (Lipinski definition) is 12. The Bertz CT molecular complexity index is 1640. The minimum absolute atomic E-state index is 0.0458. The Labute approximate surface area is 383 Å². The number of fused-ring (bicyclic) bond motifs is 3.